The fourth-order valence-corrected chi connectivity index (χ4v) is 3.47. The number of rotatable bonds is 3. The first-order chi connectivity index (χ1) is 13.9. The van der Waals surface area contributed by atoms with Crippen LogP contribution in [0.3, 0.4) is 0 Å². The first-order valence-corrected chi connectivity index (χ1v) is 9.35. The van der Waals surface area contributed by atoms with Crippen molar-refractivity contribution in [2.24, 2.45) is 0 Å². The van der Waals surface area contributed by atoms with Gasteiger partial charge in [0.05, 0.1) is 12.1 Å². The maximum Gasteiger partial charge on any atom is 0.261 e. The van der Waals surface area contributed by atoms with Gasteiger partial charge in [-0.25, -0.2) is 4.90 Å². The van der Waals surface area contributed by atoms with E-state index in [2.05, 4.69) is 5.32 Å². The second kappa shape index (κ2) is 7.39. The third kappa shape index (κ3) is 3.69. The van der Waals surface area contributed by atoms with Crippen molar-refractivity contribution < 1.29 is 19.1 Å². The van der Waals surface area contributed by atoms with Crippen LogP contribution < -0.4 is 15.0 Å². The molecule has 0 aliphatic carbocycles. The summed E-state index contributed by atoms with van der Waals surface area (Å²) < 4.78 is 5.92. The molecule has 0 saturated carbocycles. The van der Waals surface area contributed by atoms with Crippen molar-refractivity contribution in [2.75, 3.05) is 10.2 Å². The van der Waals surface area contributed by atoms with Gasteiger partial charge in [0, 0.05) is 23.7 Å². The van der Waals surface area contributed by atoms with Gasteiger partial charge in [-0.15, -0.1) is 0 Å². The number of hydrogen-bond donors (Lipinski definition) is 1. The summed E-state index contributed by atoms with van der Waals surface area (Å²) in [7, 11) is 0. The number of nitrogens with zero attached hydrogens (tertiary/aromatic N) is 1. The summed E-state index contributed by atoms with van der Waals surface area (Å²) in [6.45, 7) is 3.33. The molecule has 2 aromatic carbocycles. The number of para-hydroxylation sites is 1. The van der Waals surface area contributed by atoms with Gasteiger partial charge >= 0.3 is 0 Å². The monoisotopic (exact) mass is 388 g/mol. The zero-order chi connectivity index (χ0) is 20.5. The molecule has 6 heteroatoms. The zero-order valence-corrected chi connectivity index (χ0v) is 16.1. The lowest BCUT2D eigenvalue weighted by atomic mass is 10.00. The van der Waals surface area contributed by atoms with Crippen LogP contribution in [-0.4, -0.2) is 23.8 Å². The summed E-state index contributed by atoms with van der Waals surface area (Å²) in [5.41, 5.74) is 3.31. The Morgan fingerprint density at radius 3 is 2.59 bits per heavy atom. The van der Waals surface area contributed by atoms with Crippen molar-refractivity contribution in [3.63, 3.8) is 0 Å². The zero-order valence-electron chi connectivity index (χ0n) is 16.1. The molecule has 2 heterocycles. The fraction of sp³-hybridized carbons (Fsp3) is 0.174. The van der Waals surface area contributed by atoms with Crippen LogP contribution in [0.2, 0.25) is 0 Å². The second-order valence-electron chi connectivity index (χ2n) is 7.05. The number of benzene rings is 2. The Kier molecular flexibility index (Phi) is 4.76. The molecule has 6 nitrogen and oxygen atoms in total. The van der Waals surface area contributed by atoms with Gasteiger partial charge < -0.3 is 10.1 Å². The Morgan fingerprint density at radius 1 is 1.14 bits per heavy atom. The molecule has 0 bridgehead atoms. The van der Waals surface area contributed by atoms with Crippen LogP contribution in [0.1, 0.15) is 25.8 Å². The van der Waals surface area contributed by atoms with Gasteiger partial charge in [0.15, 0.2) is 0 Å². The number of fused-ring (bicyclic) bond motifs is 1. The number of anilines is 2. The average molecular weight is 388 g/mol. The van der Waals surface area contributed by atoms with Gasteiger partial charge in [0.2, 0.25) is 11.8 Å². The van der Waals surface area contributed by atoms with E-state index < -0.39 is 0 Å². The number of amides is 3. The molecule has 1 saturated heterocycles. The van der Waals surface area contributed by atoms with Gasteiger partial charge in [-0.1, -0.05) is 18.2 Å². The molecule has 2 aromatic rings. The largest absolute Gasteiger partial charge is 0.485 e. The molecule has 146 valence electrons. The van der Waals surface area contributed by atoms with E-state index in [0.29, 0.717) is 16.9 Å². The van der Waals surface area contributed by atoms with Gasteiger partial charge in [0.25, 0.3) is 5.91 Å². The molecule has 2 aliphatic heterocycles. The molecule has 1 fully saturated rings. The summed E-state index contributed by atoms with van der Waals surface area (Å²) >= 11 is 0. The lowest BCUT2D eigenvalue weighted by molar-refractivity contribution is -0.120. The van der Waals surface area contributed by atoms with Crippen molar-refractivity contribution in [3.8, 4) is 5.75 Å². The second-order valence-corrected chi connectivity index (χ2v) is 7.05. The van der Waals surface area contributed by atoms with Crippen LogP contribution in [-0.2, 0) is 14.4 Å². The van der Waals surface area contributed by atoms with Gasteiger partial charge in [-0.2, -0.15) is 0 Å². The van der Waals surface area contributed by atoms with E-state index in [0.717, 1.165) is 16.9 Å². The third-order valence-corrected chi connectivity index (χ3v) is 4.87. The number of imide groups is 1. The maximum absolute atomic E-state index is 12.9. The maximum atomic E-state index is 12.9. The van der Waals surface area contributed by atoms with Gasteiger partial charge in [-0.05, 0) is 55.0 Å². The molecule has 0 radical (unpaired) electrons. The number of carbonyl (C=O) groups excluding carboxylic acids is 3. The molecule has 1 N–H and O–H groups in total. The Hall–Kier alpha value is -3.67. The standard InChI is InChI=1S/C23H20N2O4/c1-14-17(11-16-5-3-4-6-21(16)29-14)12-18-13-22(27)25(23(18)28)20-9-7-19(8-10-20)24-15(2)26/h3-12,14H,13H2,1-2H3,(H,24,26)/b18-12+/t14-/m0/s1. The highest BCUT2D eigenvalue weighted by Gasteiger charge is 2.35. The number of carbonyl (C=O) groups is 3. The predicted octanol–water partition coefficient (Wildman–Crippen LogP) is 3.70. The first kappa shape index (κ1) is 18.7. The van der Waals surface area contributed by atoms with E-state index in [1.54, 1.807) is 30.3 Å². The molecule has 2 aliphatic rings. The van der Waals surface area contributed by atoms with E-state index in [-0.39, 0.29) is 30.2 Å². The molecule has 0 spiro atoms. The lowest BCUT2D eigenvalue weighted by Crippen LogP contribution is -2.29. The molecule has 0 aromatic heterocycles. The lowest BCUT2D eigenvalue weighted by Gasteiger charge is -2.23. The quantitative estimate of drug-likeness (QED) is 0.643. The predicted molar refractivity (Wildman–Crippen MR) is 110 cm³/mol. The normalized spacial score (nSPS) is 19.7. The molecule has 1 atom stereocenters. The summed E-state index contributed by atoms with van der Waals surface area (Å²) in [6.07, 6.45) is 3.56. The SMILES string of the molecule is CC(=O)Nc1ccc(N2C(=O)C/C(=C\C3=Cc4ccccc4O[C@H]3C)C2=O)cc1. The minimum atomic E-state index is -0.339. The van der Waals surface area contributed by atoms with Crippen LogP contribution in [0.4, 0.5) is 11.4 Å². The third-order valence-electron chi connectivity index (χ3n) is 4.87. The molecule has 29 heavy (non-hydrogen) atoms. The van der Waals surface area contributed by atoms with Gasteiger partial charge in [0.1, 0.15) is 11.9 Å². The van der Waals surface area contributed by atoms with Crippen LogP contribution >= 0.6 is 0 Å². The molecule has 4 rings (SSSR count). The fourth-order valence-electron chi connectivity index (χ4n) is 3.47. The number of hydrogen-bond acceptors (Lipinski definition) is 4. The average Bonchev–Trinajstić information content (AvgIpc) is 2.96. The Bertz CT molecular complexity index is 1070. The van der Waals surface area contributed by atoms with Crippen LogP contribution in [0, 0.1) is 0 Å². The van der Waals surface area contributed by atoms with Crippen LogP contribution in [0.5, 0.6) is 5.75 Å². The van der Waals surface area contributed by atoms with Crippen molar-refractivity contribution in [1.29, 1.82) is 0 Å². The summed E-state index contributed by atoms with van der Waals surface area (Å²) in [5, 5.41) is 2.66. The minimum absolute atomic E-state index is 0.0397. The van der Waals surface area contributed by atoms with E-state index in [4.69, 9.17) is 4.74 Å². The first-order valence-electron chi connectivity index (χ1n) is 9.35. The summed E-state index contributed by atoms with van der Waals surface area (Å²) in [5.74, 6) is -0.0000285. The minimum Gasteiger partial charge on any atom is -0.485 e. The van der Waals surface area contributed by atoms with Crippen molar-refractivity contribution in [2.45, 2.75) is 26.4 Å². The number of ether oxygens (including phenoxy) is 1. The summed E-state index contributed by atoms with van der Waals surface area (Å²) in [6, 6.07) is 14.3. The highest BCUT2D eigenvalue weighted by atomic mass is 16.5. The van der Waals surface area contributed by atoms with Crippen molar-refractivity contribution in [3.05, 3.63) is 71.3 Å². The van der Waals surface area contributed by atoms with Crippen molar-refractivity contribution >= 4 is 35.2 Å². The Labute approximate surface area is 168 Å². The van der Waals surface area contributed by atoms with Gasteiger partial charge in [-0.3, -0.25) is 14.4 Å². The van der Waals surface area contributed by atoms with E-state index >= 15 is 0 Å². The van der Waals surface area contributed by atoms with E-state index in [1.165, 1.54) is 11.8 Å². The Balaban J connectivity index is 1.60. The summed E-state index contributed by atoms with van der Waals surface area (Å²) in [4.78, 5) is 37.7. The van der Waals surface area contributed by atoms with Crippen LogP contribution in [0.15, 0.2) is 65.8 Å². The van der Waals surface area contributed by atoms with E-state index in [1.807, 2.05) is 37.3 Å². The number of nitrogens with one attached hydrogen (secondary N) is 1. The molecule has 3 amide bonds. The highest BCUT2D eigenvalue weighted by molar-refractivity contribution is 6.28. The highest BCUT2D eigenvalue weighted by Crippen LogP contribution is 2.33. The van der Waals surface area contributed by atoms with Crippen molar-refractivity contribution in [1.82, 2.24) is 0 Å². The Morgan fingerprint density at radius 2 is 1.86 bits per heavy atom. The van der Waals surface area contributed by atoms with Crippen LogP contribution in [0.25, 0.3) is 6.08 Å². The molecular weight excluding hydrogens is 368 g/mol. The smallest absolute Gasteiger partial charge is 0.261 e. The molecular formula is C23H20N2O4. The topological polar surface area (TPSA) is 75.7 Å². The molecule has 0 unspecified atom stereocenters. The van der Waals surface area contributed by atoms with E-state index in [9.17, 15) is 14.4 Å².